The Bertz CT molecular complexity index is 277. The SMILES string of the molecule is NC(=O)Nc1cncc(Cl)n1. The molecule has 2 amide bonds. The van der Waals surface area contributed by atoms with Crippen molar-refractivity contribution >= 4 is 23.4 Å². The van der Waals surface area contributed by atoms with Gasteiger partial charge in [-0.15, -0.1) is 0 Å². The number of nitrogens with one attached hydrogen (secondary N) is 1. The van der Waals surface area contributed by atoms with Gasteiger partial charge >= 0.3 is 6.03 Å². The molecule has 0 radical (unpaired) electrons. The number of hydrogen-bond donors (Lipinski definition) is 2. The molecular weight excluding hydrogens is 168 g/mol. The third kappa shape index (κ3) is 2.38. The van der Waals surface area contributed by atoms with E-state index in [0.29, 0.717) is 0 Å². The van der Waals surface area contributed by atoms with Crippen molar-refractivity contribution in [1.82, 2.24) is 9.97 Å². The molecule has 1 heterocycles. The first-order valence-corrected chi connectivity index (χ1v) is 3.10. The molecule has 0 aliphatic heterocycles. The van der Waals surface area contributed by atoms with Gasteiger partial charge in [-0.2, -0.15) is 0 Å². The number of nitrogens with two attached hydrogens (primary N) is 1. The molecule has 0 saturated carbocycles. The number of urea groups is 1. The number of nitrogens with zero attached hydrogens (tertiary/aromatic N) is 2. The number of halogens is 1. The van der Waals surface area contributed by atoms with Crippen LogP contribution in [0.4, 0.5) is 10.6 Å². The highest BCUT2D eigenvalue weighted by atomic mass is 35.5. The number of amides is 2. The molecule has 0 aliphatic rings. The van der Waals surface area contributed by atoms with Crippen LogP contribution in [0.1, 0.15) is 0 Å². The van der Waals surface area contributed by atoms with Gasteiger partial charge in [-0.3, -0.25) is 10.3 Å². The fourth-order valence-corrected chi connectivity index (χ4v) is 0.676. The highest BCUT2D eigenvalue weighted by Gasteiger charge is 1.97. The number of aromatic nitrogens is 2. The second-order valence-corrected chi connectivity index (χ2v) is 2.10. The molecule has 1 rings (SSSR count). The fourth-order valence-electron chi connectivity index (χ4n) is 0.529. The van der Waals surface area contributed by atoms with Crippen molar-refractivity contribution in [1.29, 1.82) is 0 Å². The summed E-state index contributed by atoms with van der Waals surface area (Å²) in [5.74, 6) is 0.241. The van der Waals surface area contributed by atoms with Crippen molar-refractivity contribution in [2.75, 3.05) is 5.32 Å². The van der Waals surface area contributed by atoms with E-state index in [-0.39, 0.29) is 11.0 Å². The minimum absolute atomic E-state index is 0.205. The van der Waals surface area contributed by atoms with Crippen LogP contribution in [-0.2, 0) is 0 Å². The highest BCUT2D eigenvalue weighted by molar-refractivity contribution is 6.29. The molecule has 1 aromatic rings. The van der Waals surface area contributed by atoms with Crippen molar-refractivity contribution in [3.8, 4) is 0 Å². The number of carbonyl (C=O) groups is 1. The first kappa shape index (κ1) is 7.74. The third-order valence-corrected chi connectivity index (χ3v) is 1.04. The molecule has 0 unspecified atom stereocenters. The van der Waals surface area contributed by atoms with Gasteiger partial charge in [0.1, 0.15) is 5.15 Å². The molecule has 11 heavy (non-hydrogen) atoms. The molecule has 0 bridgehead atoms. The Morgan fingerprint density at radius 1 is 1.64 bits per heavy atom. The largest absolute Gasteiger partial charge is 0.351 e. The Kier molecular flexibility index (Phi) is 2.22. The lowest BCUT2D eigenvalue weighted by molar-refractivity contribution is 0.259. The van der Waals surface area contributed by atoms with Gasteiger partial charge in [-0.05, 0) is 0 Å². The summed E-state index contributed by atoms with van der Waals surface area (Å²) in [6.45, 7) is 0. The Hall–Kier alpha value is -1.36. The average Bonchev–Trinajstić information content (AvgIpc) is 1.85. The van der Waals surface area contributed by atoms with Crippen LogP contribution in [0.25, 0.3) is 0 Å². The number of carbonyl (C=O) groups excluding carboxylic acids is 1. The smallest absolute Gasteiger partial charge is 0.317 e. The van der Waals surface area contributed by atoms with Crippen LogP contribution >= 0.6 is 11.6 Å². The molecule has 6 heteroatoms. The summed E-state index contributed by atoms with van der Waals surface area (Å²) in [4.78, 5) is 17.7. The van der Waals surface area contributed by atoms with Crippen LogP contribution in [0.2, 0.25) is 5.15 Å². The number of hydrogen-bond acceptors (Lipinski definition) is 3. The lowest BCUT2D eigenvalue weighted by Crippen LogP contribution is -2.20. The van der Waals surface area contributed by atoms with Crippen molar-refractivity contribution < 1.29 is 4.79 Å². The summed E-state index contributed by atoms with van der Waals surface area (Å²) in [5, 5.41) is 2.43. The van der Waals surface area contributed by atoms with Crippen LogP contribution < -0.4 is 11.1 Å². The van der Waals surface area contributed by atoms with E-state index in [1.54, 1.807) is 0 Å². The molecule has 0 saturated heterocycles. The van der Waals surface area contributed by atoms with E-state index in [0.717, 1.165) is 0 Å². The molecular formula is C5H5ClN4O. The van der Waals surface area contributed by atoms with E-state index in [1.807, 2.05) is 0 Å². The summed E-state index contributed by atoms with van der Waals surface area (Å²) in [6.07, 6.45) is 2.70. The standard InChI is InChI=1S/C5H5ClN4O/c6-3-1-8-2-4(9-3)10-5(7)11/h1-2H,(H3,7,9,10,11). The third-order valence-electron chi connectivity index (χ3n) is 0.856. The van der Waals surface area contributed by atoms with E-state index in [4.69, 9.17) is 17.3 Å². The summed E-state index contributed by atoms with van der Waals surface area (Å²) >= 11 is 5.46. The molecule has 0 spiro atoms. The molecule has 0 atom stereocenters. The molecule has 0 aromatic carbocycles. The zero-order valence-electron chi connectivity index (χ0n) is 5.41. The monoisotopic (exact) mass is 172 g/mol. The van der Waals surface area contributed by atoms with Crippen LogP contribution in [0.15, 0.2) is 12.4 Å². The van der Waals surface area contributed by atoms with E-state index in [1.165, 1.54) is 12.4 Å². The first-order chi connectivity index (χ1) is 5.18. The Balaban J connectivity index is 2.79. The maximum Gasteiger partial charge on any atom is 0.317 e. The lowest BCUT2D eigenvalue weighted by Gasteiger charge is -1.97. The Morgan fingerprint density at radius 3 is 2.91 bits per heavy atom. The highest BCUT2D eigenvalue weighted by Crippen LogP contribution is 2.05. The predicted molar refractivity (Wildman–Crippen MR) is 40.2 cm³/mol. The van der Waals surface area contributed by atoms with Gasteiger partial charge in [0.15, 0.2) is 5.82 Å². The second-order valence-electron chi connectivity index (χ2n) is 1.72. The maximum absolute atomic E-state index is 10.3. The molecule has 3 N–H and O–H groups in total. The number of rotatable bonds is 1. The van der Waals surface area contributed by atoms with Crippen LogP contribution in [-0.4, -0.2) is 16.0 Å². The van der Waals surface area contributed by atoms with E-state index >= 15 is 0 Å². The van der Waals surface area contributed by atoms with Crippen molar-refractivity contribution in [3.63, 3.8) is 0 Å². The Morgan fingerprint density at radius 2 is 2.36 bits per heavy atom. The second kappa shape index (κ2) is 3.16. The molecule has 5 nitrogen and oxygen atoms in total. The van der Waals surface area contributed by atoms with E-state index in [2.05, 4.69) is 15.3 Å². The summed E-state index contributed by atoms with van der Waals surface area (Å²) < 4.78 is 0. The summed E-state index contributed by atoms with van der Waals surface area (Å²) in [5.41, 5.74) is 4.81. The zero-order chi connectivity index (χ0) is 8.27. The maximum atomic E-state index is 10.3. The van der Waals surface area contributed by atoms with E-state index in [9.17, 15) is 4.79 Å². The molecule has 1 aromatic heterocycles. The van der Waals surface area contributed by atoms with Gasteiger partial charge in [0.25, 0.3) is 0 Å². The Labute approximate surface area is 67.6 Å². The normalized spacial score (nSPS) is 9.18. The van der Waals surface area contributed by atoms with Crippen molar-refractivity contribution in [3.05, 3.63) is 17.5 Å². The first-order valence-electron chi connectivity index (χ1n) is 2.72. The van der Waals surface area contributed by atoms with Gasteiger partial charge in [0, 0.05) is 0 Å². The molecule has 58 valence electrons. The lowest BCUT2D eigenvalue weighted by atomic mass is 10.6. The van der Waals surface area contributed by atoms with Crippen LogP contribution in [0.3, 0.4) is 0 Å². The summed E-state index contributed by atoms with van der Waals surface area (Å²) in [7, 11) is 0. The zero-order valence-corrected chi connectivity index (χ0v) is 6.17. The van der Waals surface area contributed by atoms with Gasteiger partial charge in [-0.25, -0.2) is 9.78 Å². The van der Waals surface area contributed by atoms with Gasteiger partial charge in [0.2, 0.25) is 0 Å². The minimum Gasteiger partial charge on any atom is -0.351 e. The van der Waals surface area contributed by atoms with Crippen molar-refractivity contribution in [2.24, 2.45) is 5.73 Å². The van der Waals surface area contributed by atoms with Crippen LogP contribution in [0.5, 0.6) is 0 Å². The minimum atomic E-state index is -0.693. The van der Waals surface area contributed by atoms with Gasteiger partial charge in [-0.1, -0.05) is 11.6 Å². The average molecular weight is 173 g/mol. The number of primary amides is 1. The molecule has 0 fully saturated rings. The van der Waals surface area contributed by atoms with Crippen LogP contribution in [0, 0.1) is 0 Å². The fraction of sp³-hybridized carbons (Fsp3) is 0. The molecule has 0 aliphatic carbocycles. The predicted octanol–water partition coefficient (Wildman–Crippen LogP) is 0.621. The quantitative estimate of drug-likeness (QED) is 0.652. The van der Waals surface area contributed by atoms with Crippen molar-refractivity contribution in [2.45, 2.75) is 0 Å². The van der Waals surface area contributed by atoms with Gasteiger partial charge in [0.05, 0.1) is 12.4 Å². The summed E-state index contributed by atoms with van der Waals surface area (Å²) in [6, 6.07) is -0.693. The number of anilines is 1. The topological polar surface area (TPSA) is 80.9 Å². The van der Waals surface area contributed by atoms with E-state index < -0.39 is 6.03 Å². The van der Waals surface area contributed by atoms with Gasteiger partial charge < -0.3 is 5.73 Å².